The summed E-state index contributed by atoms with van der Waals surface area (Å²) in [7, 11) is 0. The topological polar surface area (TPSA) is 214 Å². The second-order valence-corrected chi connectivity index (χ2v) is 8.64. The molecular weight excluding hydrogens is 458 g/mol. The van der Waals surface area contributed by atoms with Crippen LogP contribution in [0, 0.1) is 5.92 Å². The SMILES string of the molecule is CC(C)CC(N)C(=O)NC(CO)C(=O)NC(CCC(N)=O)C(=O)NC(Cc1ccccc1)C(=O)O. The van der Waals surface area contributed by atoms with E-state index in [-0.39, 0.29) is 25.2 Å². The molecule has 4 amide bonds. The highest BCUT2D eigenvalue weighted by molar-refractivity contribution is 5.94. The monoisotopic (exact) mass is 493 g/mol. The van der Waals surface area contributed by atoms with Crippen LogP contribution in [-0.4, -0.2) is 70.6 Å². The molecule has 35 heavy (non-hydrogen) atoms. The molecule has 0 saturated carbocycles. The summed E-state index contributed by atoms with van der Waals surface area (Å²) >= 11 is 0. The lowest BCUT2D eigenvalue weighted by Crippen LogP contribution is -2.58. The van der Waals surface area contributed by atoms with Crippen LogP contribution in [0.15, 0.2) is 30.3 Å². The van der Waals surface area contributed by atoms with E-state index < -0.39 is 60.4 Å². The molecule has 4 atom stereocenters. The van der Waals surface area contributed by atoms with E-state index in [1.165, 1.54) is 0 Å². The number of aliphatic hydroxyl groups excluding tert-OH is 1. The third kappa shape index (κ3) is 11.0. The molecular formula is C23H35N5O7. The van der Waals surface area contributed by atoms with E-state index in [1.807, 2.05) is 13.8 Å². The first-order valence-electron chi connectivity index (χ1n) is 11.3. The van der Waals surface area contributed by atoms with Crippen LogP contribution >= 0.6 is 0 Å². The minimum atomic E-state index is -1.41. The molecule has 1 aromatic carbocycles. The van der Waals surface area contributed by atoms with Gasteiger partial charge in [-0.05, 0) is 24.3 Å². The number of carbonyl (C=O) groups is 5. The molecule has 4 unspecified atom stereocenters. The fraction of sp³-hybridized carbons (Fsp3) is 0.522. The number of amides is 4. The largest absolute Gasteiger partial charge is 0.480 e. The molecule has 0 heterocycles. The fourth-order valence-corrected chi connectivity index (χ4v) is 3.24. The van der Waals surface area contributed by atoms with Gasteiger partial charge in [-0.3, -0.25) is 19.2 Å². The molecule has 12 nitrogen and oxygen atoms in total. The first-order valence-corrected chi connectivity index (χ1v) is 11.3. The van der Waals surface area contributed by atoms with E-state index in [0.29, 0.717) is 12.0 Å². The molecule has 194 valence electrons. The highest BCUT2D eigenvalue weighted by atomic mass is 16.4. The van der Waals surface area contributed by atoms with Gasteiger partial charge in [0, 0.05) is 12.8 Å². The van der Waals surface area contributed by atoms with Gasteiger partial charge < -0.3 is 37.6 Å². The molecule has 0 fully saturated rings. The molecule has 0 aromatic heterocycles. The number of carbonyl (C=O) groups excluding carboxylic acids is 4. The number of rotatable bonds is 15. The maximum absolute atomic E-state index is 12.8. The van der Waals surface area contributed by atoms with Gasteiger partial charge in [0.1, 0.15) is 18.1 Å². The van der Waals surface area contributed by atoms with Crippen LogP contribution in [0.3, 0.4) is 0 Å². The van der Waals surface area contributed by atoms with Gasteiger partial charge in [0.25, 0.3) is 0 Å². The van der Waals surface area contributed by atoms with Gasteiger partial charge in [-0.25, -0.2) is 4.79 Å². The van der Waals surface area contributed by atoms with Crippen molar-refractivity contribution in [2.24, 2.45) is 17.4 Å². The maximum atomic E-state index is 12.8. The van der Waals surface area contributed by atoms with Crippen molar-refractivity contribution in [3.63, 3.8) is 0 Å². The van der Waals surface area contributed by atoms with E-state index in [2.05, 4.69) is 16.0 Å². The summed E-state index contributed by atoms with van der Waals surface area (Å²) in [5, 5.41) is 26.2. The Balaban J connectivity index is 2.92. The van der Waals surface area contributed by atoms with E-state index in [0.717, 1.165) is 0 Å². The van der Waals surface area contributed by atoms with Crippen LogP contribution in [0.25, 0.3) is 0 Å². The van der Waals surface area contributed by atoms with E-state index in [9.17, 15) is 34.2 Å². The minimum Gasteiger partial charge on any atom is -0.480 e. The standard InChI is InChI=1S/C23H35N5O7/c1-13(2)10-15(24)20(31)28-18(12-29)22(33)26-16(8-9-19(25)30)21(32)27-17(23(34)35)11-14-6-4-3-5-7-14/h3-7,13,15-18,29H,8-12,24H2,1-2H3,(H2,25,30)(H,26,33)(H,27,32)(H,28,31)(H,34,35). The molecule has 0 saturated heterocycles. The number of carboxylic acid groups (broad SMARTS) is 1. The van der Waals surface area contributed by atoms with Crippen molar-refractivity contribution in [2.75, 3.05) is 6.61 Å². The lowest BCUT2D eigenvalue weighted by molar-refractivity contribution is -0.142. The zero-order valence-corrected chi connectivity index (χ0v) is 19.9. The zero-order valence-electron chi connectivity index (χ0n) is 19.9. The van der Waals surface area contributed by atoms with E-state index in [4.69, 9.17) is 11.5 Å². The number of aliphatic hydroxyl groups is 1. The summed E-state index contributed by atoms with van der Waals surface area (Å²) in [5.41, 5.74) is 11.6. The van der Waals surface area contributed by atoms with Crippen LogP contribution in [0.2, 0.25) is 0 Å². The zero-order chi connectivity index (χ0) is 26.5. The lowest BCUT2D eigenvalue weighted by Gasteiger charge is -2.24. The molecule has 0 aliphatic carbocycles. The number of nitrogens with one attached hydrogen (secondary N) is 3. The van der Waals surface area contributed by atoms with Crippen LogP contribution < -0.4 is 27.4 Å². The van der Waals surface area contributed by atoms with Crippen LogP contribution in [-0.2, 0) is 30.4 Å². The van der Waals surface area contributed by atoms with Gasteiger partial charge in [0.15, 0.2) is 0 Å². The van der Waals surface area contributed by atoms with Crippen molar-refractivity contribution < 1.29 is 34.2 Å². The lowest BCUT2D eigenvalue weighted by atomic mass is 10.0. The Morgan fingerprint density at radius 2 is 1.43 bits per heavy atom. The van der Waals surface area contributed by atoms with Crippen molar-refractivity contribution >= 4 is 29.6 Å². The van der Waals surface area contributed by atoms with Crippen LogP contribution in [0.4, 0.5) is 0 Å². The average molecular weight is 494 g/mol. The number of hydrogen-bond acceptors (Lipinski definition) is 7. The fourth-order valence-electron chi connectivity index (χ4n) is 3.24. The second kappa shape index (κ2) is 14.7. The predicted octanol–water partition coefficient (Wildman–Crippen LogP) is -1.60. The smallest absolute Gasteiger partial charge is 0.326 e. The van der Waals surface area contributed by atoms with Gasteiger partial charge in [0.05, 0.1) is 12.6 Å². The maximum Gasteiger partial charge on any atom is 0.326 e. The normalized spacial score (nSPS) is 14.3. The highest BCUT2D eigenvalue weighted by Gasteiger charge is 2.30. The van der Waals surface area contributed by atoms with Gasteiger partial charge in [0.2, 0.25) is 23.6 Å². The summed E-state index contributed by atoms with van der Waals surface area (Å²) in [6.45, 7) is 2.96. The Labute approximate surface area is 203 Å². The van der Waals surface area contributed by atoms with E-state index >= 15 is 0 Å². The summed E-state index contributed by atoms with van der Waals surface area (Å²) < 4.78 is 0. The molecule has 0 aliphatic heterocycles. The third-order valence-corrected chi connectivity index (χ3v) is 5.09. The summed E-state index contributed by atoms with van der Waals surface area (Å²) in [5.74, 6) is -4.32. The average Bonchev–Trinajstić information content (AvgIpc) is 2.79. The Bertz CT molecular complexity index is 878. The quantitative estimate of drug-likeness (QED) is 0.151. The summed E-state index contributed by atoms with van der Waals surface area (Å²) in [6.07, 6.45) is -0.150. The first-order chi connectivity index (χ1) is 16.4. The van der Waals surface area contributed by atoms with E-state index in [1.54, 1.807) is 30.3 Å². The number of benzene rings is 1. The highest BCUT2D eigenvalue weighted by Crippen LogP contribution is 2.06. The van der Waals surface area contributed by atoms with Gasteiger partial charge >= 0.3 is 5.97 Å². The first kappa shape index (κ1) is 29.5. The van der Waals surface area contributed by atoms with Crippen molar-refractivity contribution in [3.8, 4) is 0 Å². The van der Waals surface area contributed by atoms with Gasteiger partial charge in [-0.2, -0.15) is 0 Å². The molecule has 1 rings (SSSR count). The van der Waals surface area contributed by atoms with Crippen LogP contribution in [0.5, 0.6) is 0 Å². The van der Waals surface area contributed by atoms with Gasteiger partial charge in [-0.1, -0.05) is 44.2 Å². The number of aliphatic carboxylic acids is 1. The number of hydrogen-bond donors (Lipinski definition) is 7. The molecule has 0 radical (unpaired) electrons. The minimum absolute atomic E-state index is 0.0124. The van der Waals surface area contributed by atoms with Crippen molar-refractivity contribution in [2.45, 2.75) is 63.7 Å². The Hall–Kier alpha value is -3.51. The Kier molecular flexibility index (Phi) is 12.4. The predicted molar refractivity (Wildman–Crippen MR) is 127 cm³/mol. The second-order valence-electron chi connectivity index (χ2n) is 8.64. The Morgan fingerprint density at radius 3 is 1.94 bits per heavy atom. The van der Waals surface area contributed by atoms with Crippen molar-refractivity contribution in [1.29, 1.82) is 0 Å². The summed E-state index contributed by atoms with van der Waals surface area (Å²) in [4.78, 5) is 60.7. The summed E-state index contributed by atoms with van der Waals surface area (Å²) in [6, 6.07) is 3.65. The molecule has 0 aliphatic rings. The van der Waals surface area contributed by atoms with Crippen molar-refractivity contribution in [3.05, 3.63) is 35.9 Å². The number of carboxylic acids is 1. The molecule has 12 heteroatoms. The van der Waals surface area contributed by atoms with Gasteiger partial charge in [-0.15, -0.1) is 0 Å². The Morgan fingerprint density at radius 1 is 0.886 bits per heavy atom. The van der Waals surface area contributed by atoms with Crippen molar-refractivity contribution in [1.82, 2.24) is 16.0 Å². The molecule has 9 N–H and O–H groups in total. The molecule has 0 spiro atoms. The number of primary amides is 1. The number of nitrogens with two attached hydrogens (primary N) is 2. The molecule has 0 bridgehead atoms. The third-order valence-electron chi connectivity index (χ3n) is 5.09. The van der Waals surface area contributed by atoms with Crippen LogP contribution in [0.1, 0.15) is 38.7 Å². The molecule has 1 aromatic rings.